The maximum Gasteiger partial charge on any atom is 0.225 e. The molecule has 0 radical (unpaired) electrons. The smallest absolute Gasteiger partial charge is 0.225 e. The number of fused-ring (bicyclic) bond motifs is 2. The van der Waals surface area contributed by atoms with E-state index in [1.54, 1.807) is 6.92 Å². The first-order valence-electron chi connectivity index (χ1n) is 7.98. The Morgan fingerprint density at radius 2 is 1.86 bits per heavy atom. The standard InChI is InChI=1S/C15H23N3O3/c1-11(19)16-6-13-7-21-5-4-18(13)15(8-16)9-17(10-15)14(20)12-2-3-12/h12-13H,2-10H2,1H3/t13-/m1/s1. The average Bonchev–Trinajstić information content (AvgIpc) is 3.27. The predicted octanol–water partition coefficient (Wildman–Crippen LogP) is -0.460. The number of morpholine rings is 1. The van der Waals surface area contributed by atoms with Crippen molar-refractivity contribution in [1.29, 1.82) is 0 Å². The van der Waals surface area contributed by atoms with Crippen molar-refractivity contribution in [2.24, 2.45) is 5.92 Å². The van der Waals surface area contributed by atoms with Crippen LogP contribution in [0.15, 0.2) is 0 Å². The Balaban J connectivity index is 1.51. The van der Waals surface area contributed by atoms with Crippen molar-refractivity contribution >= 4 is 11.8 Å². The van der Waals surface area contributed by atoms with Crippen molar-refractivity contribution in [3.8, 4) is 0 Å². The fourth-order valence-electron chi connectivity index (χ4n) is 4.13. The molecule has 1 saturated carbocycles. The Kier molecular flexibility index (Phi) is 3.01. The summed E-state index contributed by atoms with van der Waals surface area (Å²) < 4.78 is 5.59. The highest BCUT2D eigenvalue weighted by Crippen LogP contribution is 2.39. The summed E-state index contributed by atoms with van der Waals surface area (Å²) in [7, 11) is 0. The van der Waals surface area contributed by atoms with Gasteiger partial charge in [0, 0.05) is 45.6 Å². The lowest BCUT2D eigenvalue weighted by Gasteiger charge is -2.63. The number of piperazine rings is 1. The van der Waals surface area contributed by atoms with Crippen molar-refractivity contribution < 1.29 is 14.3 Å². The summed E-state index contributed by atoms with van der Waals surface area (Å²) in [6.07, 6.45) is 2.12. The van der Waals surface area contributed by atoms with Gasteiger partial charge in [-0.05, 0) is 12.8 Å². The van der Waals surface area contributed by atoms with Gasteiger partial charge in [0.1, 0.15) is 0 Å². The van der Waals surface area contributed by atoms with Crippen LogP contribution in [-0.2, 0) is 14.3 Å². The Morgan fingerprint density at radius 3 is 2.52 bits per heavy atom. The van der Waals surface area contributed by atoms with Crippen LogP contribution < -0.4 is 0 Å². The highest BCUT2D eigenvalue weighted by molar-refractivity contribution is 5.82. The molecule has 3 aliphatic heterocycles. The van der Waals surface area contributed by atoms with Crippen LogP contribution in [0.3, 0.4) is 0 Å². The first-order chi connectivity index (χ1) is 10.1. The van der Waals surface area contributed by atoms with Crippen LogP contribution >= 0.6 is 0 Å². The summed E-state index contributed by atoms with van der Waals surface area (Å²) in [6.45, 7) is 7.09. The van der Waals surface area contributed by atoms with Crippen molar-refractivity contribution in [2.45, 2.75) is 31.3 Å². The number of carbonyl (C=O) groups excluding carboxylic acids is 2. The van der Waals surface area contributed by atoms with Crippen LogP contribution in [0.25, 0.3) is 0 Å². The molecule has 4 rings (SSSR count). The zero-order valence-electron chi connectivity index (χ0n) is 12.6. The SMILES string of the molecule is CC(=O)N1C[C@@H]2COCCN2C2(C1)CN(C(=O)C1CC1)C2. The second-order valence-corrected chi connectivity index (χ2v) is 7.01. The van der Waals surface area contributed by atoms with Gasteiger partial charge in [0.25, 0.3) is 0 Å². The second kappa shape index (κ2) is 4.68. The lowest BCUT2D eigenvalue weighted by atomic mass is 9.82. The van der Waals surface area contributed by atoms with E-state index >= 15 is 0 Å². The van der Waals surface area contributed by atoms with E-state index in [1.165, 1.54) is 0 Å². The van der Waals surface area contributed by atoms with Gasteiger partial charge in [-0.15, -0.1) is 0 Å². The van der Waals surface area contributed by atoms with Gasteiger partial charge in [0.15, 0.2) is 0 Å². The minimum absolute atomic E-state index is 0.0249. The van der Waals surface area contributed by atoms with Crippen LogP contribution in [0.5, 0.6) is 0 Å². The van der Waals surface area contributed by atoms with Gasteiger partial charge in [-0.25, -0.2) is 0 Å². The molecular formula is C15H23N3O3. The number of amides is 2. The molecule has 4 fully saturated rings. The van der Waals surface area contributed by atoms with E-state index in [1.807, 2.05) is 9.80 Å². The van der Waals surface area contributed by atoms with Crippen LogP contribution in [0, 0.1) is 5.92 Å². The average molecular weight is 293 g/mol. The molecule has 3 saturated heterocycles. The highest BCUT2D eigenvalue weighted by Gasteiger charge is 2.56. The summed E-state index contributed by atoms with van der Waals surface area (Å²) >= 11 is 0. The molecular weight excluding hydrogens is 270 g/mol. The third-order valence-electron chi connectivity index (χ3n) is 5.41. The van der Waals surface area contributed by atoms with Gasteiger partial charge in [0.2, 0.25) is 11.8 Å². The molecule has 1 atom stereocenters. The molecule has 0 unspecified atom stereocenters. The van der Waals surface area contributed by atoms with Crippen LogP contribution in [0.2, 0.25) is 0 Å². The van der Waals surface area contributed by atoms with Crippen LogP contribution in [-0.4, -0.2) is 84.0 Å². The molecule has 1 spiro atoms. The summed E-state index contributed by atoms with van der Waals surface area (Å²) in [6, 6.07) is 0.287. The second-order valence-electron chi connectivity index (χ2n) is 7.01. The topological polar surface area (TPSA) is 53.1 Å². The fraction of sp³-hybridized carbons (Fsp3) is 0.867. The molecule has 116 valence electrons. The normalized spacial score (nSPS) is 31.8. The number of hydrogen-bond donors (Lipinski definition) is 0. The molecule has 0 bridgehead atoms. The molecule has 6 heteroatoms. The Morgan fingerprint density at radius 1 is 1.14 bits per heavy atom. The van der Waals surface area contributed by atoms with Crippen molar-refractivity contribution in [1.82, 2.24) is 14.7 Å². The molecule has 2 amide bonds. The lowest BCUT2D eigenvalue weighted by Crippen LogP contribution is -2.81. The summed E-state index contributed by atoms with van der Waals surface area (Å²) in [4.78, 5) is 30.5. The molecule has 0 aromatic carbocycles. The van der Waals surface area contributed by atoms with E-state index in [9.17, 15) is 9.59 Å². The molecule has 6 nitrogen and oxygen atoms in total. The Hall–Kier alpha value is -1.14. The van der Waals surface area contributed by atoms with Gasteiger partial charge < -0.3 is 14.5 Å². The van der Waals surface area contributed by atoms with E-state index in [0.717, 1.165) is 52.2 Å². The highest BCUT2D eigenvalue weighted by atomic mass is 16.5. The maximum atomic E-state index is 12.2. The third-order valence-corrected chi connectivity index (χ3v) is 5.41. The van der Waals surface area contributed by atoms with E-state index in [-0.39, 0.29) is 23.4 Å². The summed E-state index contributed by atoms with van der Waals surface area (Å²) in [5.41, 5.74) is -0.0249. The molecule has 3 heterocycles. The molecule has 0 N–H and O–H groups in total. The van der Waals surface area contributed by atoms with Crippen molar-refractivity contribution in [3.63, 3.8) is 0 Å². The summed E-state index contributed by atoms with van der Waals surface area (Å²) in [5, 5.41) is 0. The Bertz CT molecular complexity index is 471. The third kappa shape index (κ3) is 2.16. The molecule has 1 aliphatic carbocycles. The monoisotopic (exact) mass is 293 g/mol. The minimum Gasteiger partial charge on any atom is -0.378 e. The molecule has 4 aliphatic rings. The number of rotatable bonds is 1. The first-order valence-corrected chi connectivity index (χ1v) is 7.98. The van der Waals surface area contributed by atoms with Gasteiger partial charge in [-0.3, -0.25) is 14.5 Å². The quantitative estimate of drug-likeness (QED) is 0.656. The van der Waals surface area contributed by atoms with Gasteiger partial charge in [0.05, 0.1) is 24.8 Å². The fourth-order valence-corrected chi connectivity index (χ4v) is 4.13. The zero-order chi connectivity index (χ0) is 14.6. The number of hydrogen-bond acceptors (Lipinski definition) is 4. The largest absolute Gasteiger partial charge is 0.378 e. The molecule has 21 heavy (non-hydrogen) atoms. The number of carbonyl (C=O) groups is 2. The maximum absolute atomic E-state index is 12.2. The van der Waals surface area contributed by atoms with E-state index in [0.29, 0.717) is 12.5 Å². The number of nitrogens with zero attached hydrogens (tertiary/aromatic N) is 3. The minimum atomic E-state index is -0.0249. The van der Waals surface area contributed by atoms with Gasteiger partial charge in [-0.2, -0.15) is 0 Å². The zero-order valence-corrected chi connectivity index (χ0v) is 12.6. The summed E-state index contributed by atoms with van der Waals surface area (Å²) in [5.74, 6) is 0.743. The number of likely N-dealkylation sites (tertiary alicyclic amines) is 1. The van der Waals surface area contributed by atoms with Gasteiger partial charge >= 0.3 is 0 Å². The van der Waals surface area contributed by atoms with E-state index in [4.69, 9.17) is 4.74 Å². The van der Waals surface area contributed by atoms with Crippen molar-refractivity contribution in [3.05, 3.63) is 0 Å². The van der Waals surface area contributed by atoms with E-state index < -0.39 is 0 Å². The first kappa shape index (κ1) is 13.5. The van der Waals surface area contributed by atoms with E-state index in [2.05, 4.69) is 4.90 Å². The van der Waals surface area contributed by atoms with Crippen LogP contribution in [0.4, 0.5) is 0 Å². The van der Waals surface area contributed by atoms with Gasteiger partial charge in [-0.1, -0.05) is 0 Å². The molecule has 0 aromatic heterocycles. The lowest BCUT2D eigenvalue weighted by molar-refractivity contribution is -0.181. The Labute approximate surface area is 125 Å². The van der Waals surface area contributed by atoms with Crippen LogP contribution in [0.1, 0.15) is 19.8 Å². The molecule has 0 aromatic rings. The van der Waals surface area contributed by atoms with Crippen molar-refractivity contribution in [2.75, 3.05) is 45.9 Å². The number of ether oxygens (including phenoxy) is 1. The predicted molar refractivity (Wildman–Crippen MR) is 75.6 cm³/mol.